The van der Waals surface area contributed by atoms with Gasteiger partial charge in [-0.1, -0.05) is 30.3 Å². The van der Waals surface area contributed by atoms with E-state index >= 15 is 0 Å². The van der Waals surface area contributed by atoms with Gasteiger partial charge in [-0.05, 0) is 38.2 Å². The van der Waals surface area contributed by atoms with Crippen LogP contribution >= 0.6 is 0 Å². The number of rotatable bonds is 5. The Labute approximate surface area is 103 Å². The van der Waals surface area contributed by atoms with Crippen LogP contribution in [0.4, 0.5) is 0 Å². The number of hydrogen-bond donors (Lipinski definition) is 1. The highest BCUT2D eigenvalue weighted by molar-refractivity contribution is 7.90. The summed E-state index contributed by atoms with van der Waals surface area (Å²) >= 11 is 0. The first-order valence-electron chi connectivity index (χ1n) is 6.07. The monoisotopic (exact) mass is 253 g/mol. The summed E-state index contributed by atoms with van der Waals surface area (Å²) in [7, 11) is -3.20. The van der Waals surface area contributed by atoms with Crippen LogP contribution in [0, 0.1) is 5.92 Å². The van der Waals surface area contributed by atoms with Crippen molar-refractivity contribution in [2.75, 3.05) is 0 Å². The number of sulfonamides is 1. The van der Waals surface area contributed by atoms with Crippen molar-refractivity contribution in [2.24, 2.45) is 5.92 Å². The Morgan fingerprint density at radius 3 is 2.24 bits per heavy atom. The van der Waals surface area contributed by atoms with E-state index in [4.69, 9.17) is 0 Å². The summed E-state index contributed by atoms with van der Waals surface area (Å²) in [6, 6.07) is 9.79. The van der Waals surface area contributed by atoms with Gasteiger partial charge in [0.25, 0.3) is 0 Å². The molecule has 1 aliphatic carbocycles. The summed E-state index contributed by atoms with van der Waals surface area (Å²) in [5, 5.41) is -0.382. The molecule has 0 aliphatic heterocycles. The zero-order valence-corrected chi connectivity index (χ0v) is 11.1. The van der Waals surface area contributed by atoms with Crippen molar-refractivity contribution in [3.8, 4) is 0 Å². The second-order valence-electron chi connectivity index (χ2n) is 4.94. The second kappa shape index (κ2) is 4.78. The summed E-state index contributed by atoms with van der Waals surface area (Å²) in [6.45, 7) is 3.41. The molecule has 0 saturated heterocycles. The second-order valence-corrected chi connectivity index (χ2v) is 7.21. The van der Waals surface area contributed by atoms with Gasteiger partial charge in [-0.2, -0.15) is 0 Å². The fraction of sp³-hybridized carbons (Fsp3) is 0.538. The molecule has 3 nitrogen and oxygen atoms in total. The van der Waals surface area contributed by atoms with Crippen LogP contribution in [0.5, 0.6) is 0 Å². The Morgan fingerprint density at radius 1 is 1.18 bits per heavy atom. The lowest BCUT2D eigenvalue weighted by atomic mass is 10.0. The van der Waals surface area contributed by atoms with Crippen LogP contribution in [0.2, 0.25) is 0 Å². The molecule has 1 aromatic rings. The topological polar surface area (TPSA) is 46.2 Å². The third-order valence-corrected chi connectivity index (χ3v) is 4.99. The maximum absolute atomic E-state index is 11.9. The van der Waals surface area contributed by atoms with E-state index in [1.807, 2.05) is 30.3 Å². The molecule has 1 unspecified atom stereocenters. The highest BCUT2D eigenvalue weighted by Gasteiger charge is 2.35. The van der Waals surface area contributed by atoms with E-state index in [1.165, 1.54) is 0 Å². The van der Waals surface area contributed by atoms with E-state index in [2.05, 4.69) is 4.72 Å². The molecule has 1 N–H and O–H groups in total. The molecular formula is C13H19NO2S. The lowest BCUT2D eigenvalue weighted by Crippen LogP contribution is -2.35. The molecule has 1 fully saturated rings. The fourth-order valence-electron chi connectivity index (χ4n) is 1.84. The lowest BCUT2D eigenvalue weighted by Gasteiger charge is -2.20. The maximum atomic E-state index is 11.9. The zero-order valence-electron chi connectivity index (χ0n) is 10.3. The van der Waals surface area contributed by atoms with E-state index in [-0.39, 0.29) is 11.3 Å². The average molecular weight is 253 g/mol. The van der Waals surface area contributed by atoms with Crippen molar-refractivity contribution in [1.29, 1.82) is 0 Å². The molecule has 0 aromatic heterocycles. The Balaban J connectivity index is 2.20. The lowest BCUT2D eigenvalue weighted by molar-refractivity contribution is 0.522. The summed E-state index contributed by atoms with van der Waals surface area (Å²) < 4.78 is 26.7. The SMILES string of the molecule is CC(C)S(=O)(=O)NC(c1ccccc1)C1CC1. The van der Waals surface area contributed by atoms with Crippen LogP contribution in [-0.4, -0.2) is 13.7 Å². The van der Waals surface area contributed by atoms with Gasteiger partial charge in [-0.15, -0.1) is 0 Å². The van der Waals surface area contributed by atoms with Crippen LogP contribution in [0.3, 0.4) is 0 Å². The summed E-state index contributed by atoms with van der Waals surface area (Å²) in [6.07, 6.45) is 2.22. The van der Waals surface area contributed by atoms with Crippen molar-refractivity contribution in [2.45, 2.75) is 38.0 Å². The molecular weight excluding hydrogens is 234 g/mol. The number of benzene rings is 1. The molecule has 0 radical (unpaired) electrons. The Kier molecular flexibility index (Phi) is 3.54. The van der Waals surface area contributed by atoms with E-state index in [9.17, 15) is 8.42 Å². The first-order valence-corrected chi connectivity index (χ1v) is 7.61. The molecule has 0 spiro atoms. The van der Waals surface area contributed by atoms with Gasteiger partial charge in [0.2, 0.25) is 10.0 Å². The van der Waals surface area contributed by atoms with Crippen LogP contribution < -0.4 is 4.72 Å². The van der Waals surface area contributed by atoms with Crippen molar-refractivity contribution in [3.63, 3.8) is 0 Å². The third kappa shape index (κ3) is 3.07. The van der Waals surface area contributed by atoms with E-state index in [0.717, 1.165) is 18.4 Å². The highest BCUT2D eigenvalue weighted by atomic mass is 32.2. The predicted octanol–water partition coefficient (Wildman–Crippen LogP) is 2.47. The summed E-state index contributed by atoms with van der Waals surface area (Å²) in [5.41, 5.74) is 1.07. The van der Waals surface area contributed by atoms with Gasteiger partial charge >= 0.3 is 0 Å². The molecule has 2 rings (SSSR count). The molecule has 4 heteroatoms. The highest BCUT2D eigenvalue weighted by Crippen LogP contribution is 2.41. The van der Waals surface area contributed by atoms with Gasteiger partial charge < -0.3 is 0 Å². The normalized spacial score (nSPS) is 18.3. The molecule has 1 atom stereocenters. The minimum atomic E-state index is -3.20. The van der Waals surface area contributed by atoms with E-state index in [1.54, 1.807) is 13.8 Å². The van der Waals surface area contributed by atoms with Crippen molar-refractivity contribution in [1.82, 2.24) is 4.72 Å². The average Bonchev–Trinajstić information content (AvgIpc) is 3.11. The number of hydrogen-bond acceptors (Lipinski definition) is 2. The summed E-state index contributed by atoms with van der Waals surface area (Å²) in [4.78, 5) is 0. The van der Waals surface area contributed by atoms with Crippen molar-refractivity contribution in [3.05, 3.63) is 35.9 Å². The Bertz CT molecular complexity index is 463. The first kappa shape index (κ1) is 12.6. The maximum Gasteiger partial charge on any atom is 0.214 e. The quantitative estimate of drug-likeness (QED) is 0.876. The standard InChI is InChI=1S/C13H19NO2S/c1-10(2)17(15,16)14-13(12-8-9-12)11-6-4-3-5-7-11/h3-7,10,12-14H,8-9H2,1-2H3. The van der Waals surface area contributed by atoms with Crippen LogP contribution in [0.1, 0.15) is 38.3 Å². The minimum absolute atomic E-state index is 0.0522. The van der Waals surface area contributed by atoms with Crippen molar-refractivity contribution < 1.29 is 8.42 Å². The first-order chi connectivity index (χ1) is 8.00. The molecule has 94 valence electrons. The van der Waals surface area contributed by atoms with Gasteiger partial charge in [0.1, 0.15) is 0 Å². The minimum Gasteiger partial charge on any atom is -0.212 e. The van der Waals surface area contributed by atoms with Gasteiger partial charge in [0.15, 0.2) is 0 Å². The molecule has 1 aliphatic rings. The van der Waals surface area contributed by atoms with Crippen molar-refractivity contribution >= 4 is 10.0 Å². The molecule has 0 bridgehead atoms. The summed E-state index contributed by atoms with van der Waals surface area (Å²) in [5.74, 6) is 0.464. The Morgan fingerprint density at radius 2 is 1.76 bits per heavy atom. The molecule has 1 aromatic carbocycles. The predicted molar refractivity (Wildman–Crippen MR) is 69.1 cm³/mol. The van der Waals surface area contributed by atoms with E-state index in [0.29, 0.717) is 5.92 Å². The smallest absolute Gasteiger partial charge is 0.212 e. The largest absolute Gasteiger partial charge is 0.214 e. The molecule has 17 heavy (non-hydrogen) atoms. The molecule has 0 amide bonds. The van der Waals surface area contributed by atoms with Crippen LogP contribution in [0.15, 0.2) is 30.3 Å². The fourth-order valence-corrected chi connectivity index (χ4v) is 2.79. The molecule has 0 heterocycles. The van der Waals surface area contributed by atoms with E-state index < -0.39 is 10.0 Å². The molecule has 1 saturated carbocycles. The van der Waals surface area contributed by atoms with Crippen LogP contribution in [0.25, 0.3) is 0 Å². The van der Waals surface area contributed by atoms with Gasteiger partial charge in [-0.3, -0.25) is 0 Å². The Hall–Kier alpha value is -0.870. The number of nitrogens with one attached hydrogen (secondary N) is 1. The van der Waals surface area contributed by atoms with Gasteiger partial charge in [0, 0.05) is 6.04 Å². The zero-order chi connectivity index (χ0) is 12.5. The third-order valence-electron chi connectivity index (χ3n) is 3.16. The van der Waals surface area contributed by atoms with Crippen LogP contribution in [-0.2, 0) is 10.0 Å². The van der Waals surface area contributed by atoms with Gasteiger partial charge in [0.05, 0.1) is 5.25 Å². The van der Waals surface area contributed by atoms with Gasteiger partial charge in [-0.25, -0.2) is 13.1 Å².